The van der Waals surface area contributed by atoms with E-state index in [0.29, 0.717) is 18.8 Å². The molecule has 1 heterocycles. The Morgan fingerprint density at radius 3 is 2.50 bits per heavy atom. The van der Waals surface area contributed by atoms with E-state index >= 15 is 0 Å². The normalized spacial score (nSPS) is 13.6. The monoisotopic (exact) mass is 363 g/mol. The molecule has 0 aliphatic carbocycles. The van der Waals surface area contributed by atoms with Gasteiger partial charge in [-0.15, -0.1) is 0 Å². The summed E-state index contributed by atoms with van der Waals surface area (Å²) in [6.45, 7) is 1.92. The summed E-state index contributed by atoms with van der Waals surface area (Å²) in [4.78, 5) is 47.8. The lowest BCUT2D eigenvalue weighted by atomic mass is 10.2. The van der Waals surface area contributed by atoms with Gasteiger partial charge in [0.1, 0.15) is 6.54 Å². The van der Waals surface area contributed by atoms with Crippen LogP contribution in [0.15, 0.2) is 24.3 Å². The topological polar surface area (TPSA) is 140 Å². The van der Waals surface area contributed by atoms with Gasteiger partial charge in [-0.3, -0.25) is 14.4 Å². The number of anilines is 1. The summed E-state index contributed by atoms with van der Waals surface area (Å²) in [6.07, 6.45) is 0. The number of piperazine rings is 1. The molecular formula is C16H21N5O5. The molecule has 10 heteroatoms. The summed E-state index contributed by atoms with van der Waals surface area (Å²) in [5, 5.41) is 19.1. The number of amides is 4. The molecule has 140 valence electrons. The van der Waals surface area contributed by atoms with Gasteiger partial charge in [0.2, 0.25) is 5.91 Å². The second kappa shape index (κ2) is 9.37. The number of carboxylic acids is 1. The third-order valence-corrected chi connectivity index (χ3v) is 3.61. The third kappa shape index (κ3) is 6.06. The van der Waals surface area contributed by atoms with E-state index in [2.05, 4.69) is 21.3 Å². The Kier molecular flexibility index (Phi) is 6.92. The second-order valence-corrected chi connectivity index (χ2v) is 5.60. The predicted molar refractivity (Wildman–Crippen MR) is 92.9 cm³/mol. The lowest BCUT2D eigenvalue weighted by Gasteiger charge is -2.27. The maximum absolute atomic E-state index is 12.0. The summed E-state index contributed by atoms with van der Waals surface area (Å²) in [5.74, 6) is -2.14. The van der Waals surface area contributed by atoms with E-state index in [9.17, 15) is 19.2 Å². The minimum Gasteiger partial charge on any atom is -0.480 e. The zero-order valence-corrected chi connectivity index (χ0v) is 14.1. The third-order valence-electron chi connectivity index (χ3n) is 3.61. The van der Waals surface area contributed by atoms with Crippen molar-refractivity contribution in [3.63, 3.8) is 0 Å². The van der Waals surface area contributed by atoms with Crippen molar-refractivity contribution in [3.05, 3.63) is 29.8 Å². The molecule has 0 aromatic heterocycles. The van der Waals surface area contributed by atoms with E-state index < -0.39 is 24.3 Å². The molecule has 0 radical (unpaired) electrons. The van der Waals surface area contributed by atoms with Crippen LogP contribution in [-0.4, -0.2) is 73.1 Å². The number of urea groups is 1. The molecule has 1 aromatic rings. The molecular weight excluding hydrogens is 342 g/mol. The summed E-state index contributed by atoms with van der Waals surface area (Å²) in [5.41, 5.74) is 0.586. The maximum Gasteiger partial charge on any atom is 0.322 e. The lowest BCUT2D eigenvalue weighted by Crippen LogP contribution is -2.51. The molecule has 0 unspecified atom stereocenters. The first-order chi connectivity index (χ1) is 12.5. The van der Waals surface area contributed by atoms with Crippen LogP contribution in [0, 0.1) is 0 Å². The fourth-order valence-corrected chi connectivity index (χ4v) is 2.34. The van der Waals surface area contributed by atoms with Crippen molar-refractivity contribution in [2.75, 3.05) is 44.6 Å². The molecule has 10 nitrogen and oxygen atoms in total. The van der Waals surface area contributed by atoms with Gasteiger partial charge in [0.05, 0.1) is 6.54 Å². The van der Waals surface area contributed by atoms with Crippen molar-refractivity contribution >= 4 is 29.5 Å². The average Bonchev–Trinajstić information content (AvgIpc) is 2.65. The molecule has 4 amide bonds. The predicted octanol–water partition coefficient (Wildman–Crippen LogP) is -0.946. The van der Waals surface area contributed by atoms with Crippen LogP contribution in [0.4, 0.5) is 10.5 Å². The average molecular weight is 363 g/mol. The van der Waals surface area contributed by atoms with Gasteiger partial charge in [0.25, 0.3) is 5.91 Å². The largest absolute Gasteiger partial charge is 0.480 e. The zero-order valence-electron chi connectivity index (χ0n) is 14.1. The second-order valence-electron chi connectivity index (χ2n) is 5.60. The van der Waals surface area contributed by atoms with Gasteiger partial charge in [-0.2, -0.15) is 0 Å². The van der Waals surface area contributed by atoms with Crippen LogP contribution in [0.3, 0.4) is 0 Å². The van der Waals surface area contributed by atoms with Gasteiger partial charge >= 0.3 is 12.0 Å². The van der Waals surface area contributed by atoms with Gasteiger partial charge in [-0.1, -0.05) is 6.07 Å². The van der Waals surface area contributed by atoms with Crippen molar-refractivity contribution in [1.29, 1.82) is 0 Å². The van der Waals surface area contributed by atoms with Crippen molar-refractivity contribution in [2.45, 2.75) is 0 Å². The fraction of sp³-hybridized carbons (Fsp3) is 0.375. The number of nitrogens with one attached hydrogen (secondary N) is 4. The minimum absolute atomic E-state index is 0.196. The molecule has 1 aliphatic heterocycles. The summed E-state index contributed by atoms with van der Waals surface area (Å²) >= 11 is 0. The van der Waals surface area contributed by atoms with Crippen LogP contribution in [-0.2, 0) is 9.59 Å². The Morgan fingerprint density at radius 2 is 1.81 bits per heavy atom. The van der Waals surface area contributed by atoms with Crippen LogP contribution in [0.5, 0.6) is 0 Å². The molecule has 1 aromatic carbocycles. The first kappa shape index (κ1) is 19.2. The number of hydrogen-bond donors (Lipinski definition) is 5. The Balaban J connectivity index is 1.82. The molecule has 5 N–H and O–H groups in total. The molecule has 1 saturated heterocycles. The quantitative estimate of drug-likeness (QED) is 0.442. The first-order valence-electron chi connectivity index (χ1n) is 8.09. The van der Waals surface area contributed by atoms with Crippen LogP contribution >= 0.6 is 0 Å². The highest BCUT2D eigenvalue weighted by Gasteiger charge is 2.16. The minimum atomic E-state index is -1.15. The summed E-state index contributed by atoms with van der Waals surface area (Å²) in [6, 6.07) is 5.77. The van der Waals surface area contributed by atoms with Crippen LogP contribution in [0.1, 0.15) is 10.4 Å². The van der Waals surface area contributed by atoms with Crippen molar-refractivity contribution in [3.8, 4) is 0 Å². The Morgan fingerprint density at radius 1 is 1.08 bits per heavy atom. The Hall–Kier alpha value is -3.14. The molecule has 1 fully saturated rings. The van der Waals surface area contributed by atoms with E-state index in [1.807, 2.05) is 0 Å². The Labute approximate surface area is 149 Å². The number of aliphatic carboxylic acids is 1. The molecule has 26 heavy (non-hydrogen) atoms. The van der Waals surface area contributed by atoms with E-state index in [-0.39, 0.29) is 18.1 Å². The van der Waals surface area contributed by atoms with Gasteiger partial charge in [0, 0.05) is 37.4 Å². The first-order valence-corrected chi connectivity index (χ1v) is 8.09. The van der Waals surface area contributed by atoms with Crippen molar-refractivity contribution in [2.24, 2.45) is 0 Å². The molecule has 0 atom stereocenters. The highest BCUT2D eigenvalue weighted by Crippen LogP contribution is 2.10. The van der Waals surface area contributed by atoms with Crippen LogP contribution < -0.4 is 21.3 Å². The van der Waals surface area contributed by atoms with Crippen molar-refractivity contribution in [1.82, 2.24) is 20.9 Å². The van der Waals surface area contributed by atoms with Crippen molar-refractivity contribution < 1.29 is 24.3 Å². The zero-order chi connectivity index (χ0) is 18.9. The number of carbonyl (C=O) groups is 4. The lowest BCUT2D eigenvalue weighted by molar-refractivity contribution is -0.135. The van der Waals surface area contributed by atoms with Crippen LogP contribution in [0.25, 0.3) is 0 Å². The van der Waals surface area contributed by atoms with Gasteiger partial charge < -0.3 is 31.3 Å². The fourth-order valence-electron chi connectivity index (χ4n) is 2.34. The Bertz CT molecular complexity index is 687. The van der Waals surface area contributed by atoms with Crippen LogP contribution in [0.2, 0.25) is 0 Å². The smallest absolute Gasteiger partial charge is 0.322 e. The number of carbonyl (C=O) groups excluding carboxylic acids is 3. The number of rotatable bonds is 6. The highest BCUT2D eigenvalue weighted by molar-refractivity contribution is 5.99. The number of hydrogen-bond acceptors (Lipinski definition) is 5. The highest BCUT2D eigenvalue weighted by atomic mass is 16.4. The number of nitrogens with zero attached hydrogens (tertiary/aromatic N) is 1. The number of benzene rings is 1. The SMILES string of the molecule is O=C(O)CNC(=O)c1cccc(NC(=O)CNC(=O)N2CCNCC2)c1. The van der Waals surface area contributed by atoms with Gasteiger partial charge in [-0.05, 0) is 18.2 Å². The van der Waals surface area contributed by atoms with Gasteiger partial charge in [0.15, 0.2) is 0 Å². The summed E-state index contributed by atoms with van der Waals surface area (Å²) < 4.78 is 0. The van der Waals surface area contributed by atoms with Gasteiger partial charge in [-0.25, -0.2) is 4.79 Å². The van der Waals surface area contributed by atoms with E-state index in [0.717, 1.165) is 13.1 Å². The molecule has 0 bridgehead atoms. The maximum atomic E-state index is 12.0. The summed E-state index contributed by atoms with van der Waals surface area (Å²) in [7, 11) is 0. The molecule has 2 rings (SSSR count). The standard InChI is InChI=1S/C16H21N5O5/c22-13(9-19-16(26)21-6-4-17-5-7-21)20-12-3-1-2-11(8-12)15(25)18-10-14(23)24/h1-3,8,17H,4-7,9-10H2,(H,18,25)(H,19,26)(H,20,22)(H,23,24). The number of carboxylic acid groups (broad SMARTS) is 1. The van der Waals surface area contributed by atoms with E-state index in [4.69, 9.17) is 5.11 Å². The molecule has 0 spiro atoms. The van der Waals surface area contributed by atoms with E-state index in [1.165, 1.54) is 12.1 Å². The molecule has 1 aliphatic rings. The van der Waals surface area contributed by atoms with E-state index in [1.54, 1.807) is 17.0 Å². The molecule has 0 saturated carbocycles.